The SMILES string of the molecule is CN(C)S(=O)(=O)N1CCC[C@@H](C(=O)NCCCc2ccc(Cl)cc2)C1. The molecular weight excluding hydrogens is 362 g/mol. The molecule has 0 saturated carbocycles. The van der Waals surface area contributed by atoms with E-state index in [2.05, 4.69) is 5.32 Å². The van der Waals surface area contributed by atoms with Gasteiger partial charge in [0.05, 0.1) is 5.92 Å². The van der Waals surface area contributed by atoms with Crippen LogP contribution >= 0.6 is 11.6 Å². The Morgan fingerprint density at radius 2 is 2.00 bits per heavy atom. The average Bonchev–Trinajstić information content (AvgIpc) is 2.60. The lowest BCUT2D eigenvalue weighted by Crippen LogP contribution is -2.48. The maximum atomic E-state index is 12.3. The first-order valence-electron chi connectivity index (χ1n) is 8.50. The molecule has 6 nitrogen and oxygen atoms in total. The number of carbonyl (C=O) groups is 1. The summed E-state index contributed by atoms with van der Waals surface area (Å²) in [5.74, 6) is -0.339. The van der Waals surface area contributed by atoms with E-state index in [1.165, 1.54) is 28.3 Å². The van der Waals surface area contributed by atoms with Gasteiger partial charge >= 0.3 is 0 Å². The molecular formula is C17H26ClN3O3S. The van der Waals surface area contributed by atoms with Gasteiger partial charge < -0.3 is 5.32 Å². The van der Waals surface area contributed by atoms with Crippen LogP contribution in [0, 0.1) is 5.92 Å². The van der Waals surface area contributed by atoms with Gasteiger partial charge in [0.1, 0.15) is 0 Å². The number of nitrogens with zero attached hydrogens (tertiary/aromatic N) is 2. The Morgan fingerprint density at radius 3 is 2.64 bits per heavy atom. The molecule has 140 valence electrons. The van der Waals surface area contributed by atoms with Crippen molar-refractivity contribution >= 4 is 27.7 Å². The van der Waals surface area contributed by atoms with E-state index in [9.17, 15) is 13.2 Å². The summed E-state index contributed by atoms with van der Waals surface area (Å²) in [6, 6.07) is 7.68. The van der Waals surface area contributed by atoms with Crippen LogP contribution in [0.25, 0.3) is 0 Å². The van der Waals surface area contributed by atoms with Crippen LogP contribution in [0.3, 0.4) is 0 Å². The molecule has 1 aliphatic heterocycles. The zero-order valence-electron chi connectivity index (χ0n) is 14.7. The van der Waals surface area contributed by atoms with E-state index < -0.39 is 10.2 Å². The molecule has 0 aliphatic carbocycles. The smallest absolute Gasteiger partial charge is 0.281 e. The zero-order chi connectivity index (χ0) is 18.4. The molecule has 1 aromatic rings. The van der Waals surface area contributed by atoms with E-state index in [-0.39, 0.29) is 18.4 Å². The third-order valence-corrected chi connectivity index (χ3v) is 6.56. The fourth-order valence-corrected chi connectivity index (χ4v) is 4.21. The van der Waals surface area contributed by atoms with Crippen molar-refractivity contribution in [2.45, 2.75) is 25.7 Å². The molecule has 0 spiro atoms. The molecule has 1 aromatic carbocycles. The minimum atomic E-state index is -3.46. The zero-order valence-corrected chi connectivity index (χ0v) is 16.3. The monoisotopic (exact) mass is 387 g/mol. The molecule has 1 amide bonds. The second kappa shape index (κ2) is 8.98. The largest absolute Gasteiger partial charge is 0.356 e. The maximum absolute atomic E-state index is 12.3. The molecule has 2 rings (SSSR count). The summed E-state index contributed by atoms with van der Waals surface area (Å²) in [4.78, 5) is 12.3. The summed E-state index contributed by atoms with van der Waals surface area (Å²) in [5.41, 5.74) is 1.18. The molecule has 0 aromatic heterocycles. The second-order valence-electron chi connectivity index (χ2n) is 6.51. The van der Waals surface area contributed by atoms with E-state index in [4.69, 9.17) is 11.6 Å². The highest BCUT2D eigenvalue weighted by molar-refractivity contribution is 7.86. The number of nitrogens with one attached hydrogen (secondary N) is 1. The van der Waals surface area contributed by atoms with Gasteiger partial charge in [-0.2, -0.15) is 17.0 Å². The fourth-order valence-electron chi connectivity index (χ4n) is 2.90. The fraction of sp³-hybridized carbons (Fsp3) is 0.588. The predicted molar refractivity (Wildman–Crippen MR) is 99.7 cm³/mol. The number of rotatable bonds is 7. The molecule has 1 N–H and O–H groups in total. The van der Waals surface area contributed by atoms with Gasteiger partial charge in [-0.25, -0.2) is 0 Å². The lowest BCUT2D eigenvalue weighted by Gasteiger charge is -2.32. The van der Waals surface area contributed by atoms with Gasteiger partial charge in [0.25, 0.3) is 10.2 Å². The predicted octanol–water partition coefficient (Wildman–Crippen LogP) is 1.91. The second-order valence-corrected chi connectivity index (χ2v) is 9.09. The van der Waals surface area contributed by atoms with Crippen molar-refractivity contribution < 1.29 is 13.2 Å². The number of hydrogen-bond acceptors (Lipinski definition) is 3. The summed E-state index contributed by atoms with van der Waals surface area (Å²) < 4.78 is 27.0. The highest BCUT2D eigenvalue weighted by Gasteiger charge is 2.33. The molecule has 1 saturated heterocycles. The van der Waals surface area contributed by atoms with Crippen LogP contribution in [0.2, 0.25) is 5.02 Å². The van der Waals surface area contributed by atoms with Crippen LogP contribution in [-0.2, 0) is 21.4 Å². The van der Waals surface area contributed by atoms with E-state index in [0.717, 1.165) is 19.3 Å². The van der Waals surface area contributed by atoms with Crippen LogP contribution in [0.4, 0.5) is 0 Å². The van der Waals surface area contributed by atoms with Crippen molar-refractivity contribution in [3.63, 3.8) is 0 Å². The Labute approximate surface area is 155 Å². The Balaban J connectivity index is 1.77. The standard InChI is InChI=1S/C17H26ClN3O3S/c1-20(2)25(23,24)21-12-4-6-15(13-21)17(22)19-11-3-5-14-7-9-16(18)10-8-14/h7-10,15H,3-6,11-13H2,1-2H3,(H,19,22)/t15-/m1/s1. The van der Waals surface area contributed by atoms with Gasteiger partial charge in [-0.1, -0.05) is 23.7 Å². The van der Waals surface area contributed by atoms with Crippen molar-refractivity contribution in [3.05, 3.63) is 34.9 Å². The Kier molecular flexibility index (Phi) is 7.25. The third kappa shape index (κ3) is 5.67. The molecule has 0 bridgehead atoms. The minimum absolute atomic E-state index is 0.0604. The number of benzene rings is 1. The number of halogens is 1. The number of piperidine rings is 1. The van der Waals surface area contributed by atoms with Crippen molar-refractivity contribution in [1.82, 2.24) is 13.9 Å². The van der Waals surface area contributed by atoms with Crippen LogP contribution < -0.4 is 5.32 Å². The van der Waals surface area contributed by atoms with Crippen molar-refractivity contribution in [3.8, 4) is 0 Å². The minimum Gasteiger partial charge on any atom is -0.356 e. The first-order valence-corrected chi connectivity index (χ1v) is 10.3. The Morgan fingerprint density at radius 1 is 1.32 bits per heavy atom. The van der Waals surface area contributed by atoms with Gasteiger partial charge in [0, 0.05) is 38.8 Å². The quantitative estimate of drug-likeness (QED) is 0.726. The van der Waals surface area contributed by atoms with Gasteiger partial charge in [0.15, 0.2) is 0 Å². The first-order chi connectivity index (χ1) is 11.8. The molecule has 25 heavy (non-hydrogen) atoms. The number of amides is 1. The van der Waals surface area contributed by atoms with Crippen molar-refractivity contribution in [2.75, 3.05) is 33.7 Å². The molecule has 8 heteroatoms. The van der Waals surface area contributed by atoms with E-state index >= 15 is 0 Å². The van der Waals surface area contributed by atoms with Gasteiger partial charge in [-0.05, 0) is 43.4 Å². The number of aryl methyl sites for hydroxylation is 1. The lowest BCUT2D eigenvalue weighted by molar-refractivity contribution is -0.126. The Bertz CT molecular complexity index is 677. The average molecular weight is 388 g/mol. The molecule has 0 radical (unpaired) electrons. The molecule has 1 atom stereocenters. The van der Waals surface area contributed by atoms with E-state index in [0.29, 0.717) is 24.5 Å². The number of carbonyl (C=O) groups excluding carboxylic acids is 1. The lowest BCUT2D eigenvalue weighted by atomic mass is 9.99. The summed E-state index contributed by atoms with van der Waals surface area (Å²) in [7, 11) is -0.436. The third-order valence-electron chi connectivity index (χ3n) is 4.40. The van der Waals surface area contributed by atoms with Gasteiger partial charge in [-0.3, -0.25) is 4.79 Å². The maximum Gasteiger partial charge on any atom is 0.281 e. The summed E-state index contributed by atoms with van der Waals surface area (Å²) in [6.07, 6.45) is 3.13. The van der Waals surface area contributed by atoms with E-state index in [1.807, 2.05) is 24.3 Å². The van der Waals surface area contributed by atoms with Crippen LogP contribution in [0.15, 0.2) is 24.3 Å². The summed E-state index contributed by atoms with van der Waals surface area (Å²) in [6.45, 7) is 1.31. The summed E-state index contributed by atoms with van der Waals surface area (Å²) in [5, 5.41) is 3.65. The van der Waals surface area contributed by atoms with Crippen molar-refractivity contribution in [2.24, 2.45) is 5.92 Å². The Hall–Kier alpha value is -1.15. The van der Waals surface area contributed by atoms with Crippen LogP contribution in [-0.4, -0.2) is 56.7 Å². The molecule has 1 aliphatic rings. The highest BCUT2D eigenvalue weighted by atomic mass is 35.5. The molecule has 0 unspecified atom stereocenters. The molecule has 1 fully saturated rings. The first kappa shape index (κ1) is 20.2. The molecule has 1 heterocycles. The van der Waals surface area contributed by atoms with Crippen LogP contribution in [0.5, 0.6) is 0 Å². The van der Waals surface area contributed by atoms with Crippen molar-refractivity contribution in [1.29, 1.82) is 0 Å². The van der Waals surface area contributed by atoms with E-state index in [1.54, 1.807) is 0 Å². The highest BCUT2D eigenvalue weighted by Crippen LogP contribution is 2.20. The van der Waals surface area contributed by atoms with Gasteiger partial charge in [-0.15, -0.1) is 0 Å². The topological polar surface area (TPSA) is 69.7 Å². The van der Waals surface area contributed by atoms with Gasteiger partial charge in [0.2, 0.25) is 5.91 Å². The van der Waals surface area contributed by atoms with Crippen LogP contribution in [0.1, 0.15) is 24.8 Å². The number of hydrogen-bond donors (Lipinski definition) is 1. The summed E-state index contributed by atoms with van der Waals surface area (Å²) >= 11 is 5.86. The normalized spacial score (nSPS) is 19.1.